The molecule has 0 heterocycles. The van der Waals surface area contributed by atoms with Crippen molar-refractivity contribution in [2.45, 2.75) is 44.7 Å². The van der Waals surface area contributed by atoms with Gasteiger partial charge in [-0.05, 0) is 61.7 Å². The highest BCUT2D eigenvalue weighted by Gasteiger charge is 2.34. The van der Waals surface area contributed by atoms with Gasteiger partial charge in [-0.25, -0.2) is 8.42 Å². The van der Waals surface area contributed by atoms with E-state index >= 15 is 0 Å². The van der Waals surface area contributed by atoms with Gasteiger partial charge in [0.15, 0.2) is 0 Å². The van der Waals surface area contributed by atoms with Crippen LogP contribution < -0.4 is 14.4 Å². The lowest BCUT2D eigenvalue weighted by atomic mass is 10.1. The summed E-state index contributed by atoms with van der Waals surface area (Å²) >= 11 is 6.40. The van der Waals surface area contributed by atoms with Crippen LogP contribution in [0.2, 0.25) is 5.02 Å². The third kappa shape index (κ3) is 6.91. The van der Waals surface area contributed by atoms with Gasteiger partial charge in [-0.3, -0.25) is 13.9 Å². The summed E-state index contributed by atoms with van der Waals surface area (Å²) in [5.74, 6) is -0.635. The number of carbonyl (C=O) groups is 2. The molecule has 0 aromatic heterocycles. The van der Waals surface area contributed by atoms with Crippen molar-refractivity contribution < 1.29 is 22.7 Å². The summed E-state index contributed by atoms with van der Waals surface area (Å²) in [6, 6.07) is 17.7. The molecule has 10 heteroatoms. The zero-order chi connectivity index (χ0) is 28.7. The lowest BCUT2D eigenvalue weighted by Gasteiger charge is -2.33. The first-order valence-electron chi connectivity index (χ1n) is 12.5. The van der Waals surface area contributed by atoms with Gasteiger partial charge in [0.05, 0.1) is 17.7 Å². The van der Waals surface area contributed by atoms with Gasteiger partial charge in [-0.15, -0.1) is 0 Å². The highest BCUT2D eigenvalue weighted by Crippen LogP contribution is 2.34. The van der Waals surface area contributed by atoms with Crippen molar-refractivity contribution in [2.75, 3.05) is 25.0 Å². The van der Waals surface area contributed by atoms with Crippen LogP contribution in [0, 0.1) is 13.8 Å². The molecule has 3 rings (SSSR count). The summed E-state index contributed by atoms with van der Waals surface area (Å²) in [7, 11) is -1.27. The molecule has 0 aliphatic carbocycles. The fraction of sp³-hybridized carbons (Fsp3) is 0.310. The van der Waals surface area contributed by atoms with Gasteiger partial charge >= 0.3 is 0 Å². The fourth-order valence-corrected chi connectivity index (χ4v) is 5.85. The number of nitrogens with one attached hydrogen (secondary N) is 1. The zero-order valence-corrected chi connectivity index (χ0v) is 24.3. The molecule has 0 radical (unpaired) electrons. The van der Waals surface area contributed by atoms with Crippen molar-refractivity contribution in [1.29, 1.82) is 0 Å². The average Bonchev–Trinajstić information content (AvgIpc) is 2.92. The molecule has 0 saturated carbocycles. The molecule has 3 aromatic rings. The van der Waals surface area contributed by atoms with Crippen LogP contribution in [0.25, 0.3) is 0 Å². The number of halogens is 1. The van der Waals surface area contributed by atoms with Crippen LogP contribution in [-0.2, 0) is 26.2 Å². The molecule has 0 aliphatic rings. The first-order valence-corrected chi connectivity index (χ1v) is 14.3. The Kier molecular flexibility index (Phi) is 9.99. The lowest BCUT2D eigenvalue weighted by Crippen LogP contribution is -2.51. The van der Waals surface area contributed by atoms with E-state index in [1.807, 2.05) is 13.8 Å². The predicted molar refractivity (Wildman–Crippen MR) is 154 cm³/mol. The molecule has 39 heavy (non-hydrogen) atoms. The van der Waals surface area contributed by atoms with Crippen LogP contribution >= 0.6 is 11.6 Å². The number of hydrogen-bond acceptors (Lipinski definition) is 5. The van der Waals surface area contributed by atoms with Gasteiger partial charge in [0.1, 0.15) is 18.3 Å². The maximum absolute atomic E-state index is 14.0. The minimum Gasteiger partial charge on any atom is -0.495 e. The minimum absolute atomic E-state index is 0.0216. The van der Waals surface area contributed by atoms with E-state index in [-0.39, 0.29) is 23.0 Å². The summed E-state index contributed by atoms with van der Waals surface area (Å²) < 4.78 is 34.6. The highest BCUT2D eigenvalue weighted by atomic mass is 35.5. The molecule has 1 N–H and O–H groups in total. The molecule has 8 nitrogen and oxygen atoms in total. The van der Waals surface area contributed by atoms with E-state index in [9.17, 15) is 18.0 Å². The molecule has 208 valence electrons. The first kappa shape index (κ1) is 30.0. The second-order valence-electron chi connectivity index (χ2n) is 9.15. The van der Waals surface area contributed by atoms with Crippen LogP contribution in [-0.4, -0.2) is 51.9 Å². The molecule has 0 saturated heterocycles. The first-order chi connectivity index (χ1) is 18.5. The number of carbonyl (C=O) groups excluding carboxylic acids is 2. The lowest BCUT2D eigenvalue weighted by molar-refractivity contribution is -0.140. The van der Waals surface area contributed by atoms with Crippen molar-refractivity contribution in [3.05, 3.63) is 88.4 Å². The SMILES string of the molecule is CCC(C(=O)NC)N(Cc1ccccc1Cl)C(=O)CN(c1cc(C)ccc1OC)S(=O)(=O)c1ccc(C)cc1. The standard InChI is InChI=1S/C29H34ClN3O5S/c1-6-25(29(35)31-4)32(18-22-9-7-8-10-24(22)30)28(34)19-33(26-17-21(3)13-16-27(26)38-5)39(36,37)23-14-11-20(2)12-15-23/h7-17,25H,6,18-19H2,1-5H3,(H,31,35). The predicted octanol–water partition coefficient (Wildman–Crippen LogP) is 4.71. The van der Waals surface area contributed by atoms with Crippen LogP contribution in [0.3, 0.4) is 0 Å². The van der Waals surface area contributed by atoms with Crippen molar-refractivity contribution in [3.8, 4) is 5.75 Å². The summed E-state index contributed by atoms with van der Waals surface area (Å²) in [5.41, 5.74) is 2.53. The van der Waals surface area contributed by atoms with Crippen LogP contribution in [0.1, 0.15) is 30.0 Å². The maximum Gasteiger partial charge on any atom is 0.264 e. The summed E-state index contributed by atoms with van der Waals surface area (Å²) in [6.45, 7) is 4.93. The third-order valence-corrected chi connectivity index (χ3v) is 8.56. The molecule has 3 aromatic carbocycles. The van der Waals surface area contributed by atoms with E-state index in [1.165, 1.54) is 31.2 Å². The normalized spacial score (nSPS) is 11.9. The van der Waals surface area contributed by atoms with Gasteiger partial charge < -0.3 is 15.0 Å². The maximum atomic E-state index is 14.0. The Morgan fingerprint density at radius 1 is 1.00 bits per heavy atom. The number of ether oxygens (including phenoxy) is 1. The molecular weight excluding hydrogens is 538 g/mol. The van der Waals surface area contributed by atoms with Crippen LogP contribution in [0.4, 0.5) is 5.69 Å². The van der Waals surface area contributed by atoms with Gasteiger partial charge in [-0.2, -0.15) is 0 Å². The second kappa shape index (κ2) is 13.0. The molecule has 0 fully saturated rings. The number of aryl methyl sites for hydroxylation is 2. The Bertz CT molecular complexity index is 1430. The van der Waals surface area contributed by atoms with E-state index in [2.05, 4.69) is 5.32 Å². The number of anilines is 1. The molecule has 0 spiro atoms. The number of rotatable bonds is 11. The number of methoxy groups -OCH3 is 1. The minimum atomic E-state index is -4.21. The summed E-state index contributed by atoms with van der Waals surface area (Å²) in [6.07, 6.45) is 0.314. The monoisotopic (exact) mass is 571 g/mol. The highest BCUT2D eigenvalue weighted by molar-refractivity contribution is 7.92. The van der Waals surface area contributed by atoms with E-state index in [1.54, 1.807) is 61.5 Å². The molecule has 2 amide bonds. The van der Waals surface area contributed by atoms with E-state index in [0.717, 1.165) is 15.4 Å². The Morgan fingerprint density at radius 2 is 1.64 bits per heavy atom. The molecule has 0 aliphatic heterocycles. The molecule has 0 bridgehead atoms. The van der Waals surface area contributed by atoms with Crippen molar-refractivity contribution in [3.63, 3.8) is 0 Å². The average molecular weight is 572 g/mol. The number of benzene rings is 3. The largest absolute Gasteiger partial charge is 0.495 e. The number of nitrogens with zero attached hydrogens (tertiary/aromatic N) is 2. The van der Waals surface area contributed by atoms with Gasteiger partial charge in [0.25, 0.3) is 10.0 Å². The van der Waals surface area contributed by atoms with Crippen molar-refractivity contribution in [2.24, 2.45) is 0 Å². The van der Waals surface area contributed by atoms with E-state index in [0.29, 0.717) is 22.8 Å². The van der Waals surface area contributed by atoms with E-state index in [4.69, 9.17) is 16.3 Å². The summed E-state index contributed by atoms with van der Waals surface area (Å²) in [4.78, 5) is 28.3. The van der Waals surface area contributed by atoms with E-state index < -0.39 is 28.5 Å². The van der Waals surface area contributed by atoms with Gasteiger partial charge in [0, 0.05) is 18.6 Å². The number of hydrogen-bond donors (Lipinski definition) is 1. The molecule has 1 atom stereocenters. The second-order valence-corrected chi connectivity index (χ2v) is 11.4. The topological polar surface area (TPSA) is 96.0 Å². The Morgan fingerprint density at radius 3 is 2.23 bits per heavy atom. The van der Waals surface area contributed by atoms with Gasteiger partial charge in [-0.1, -0.05) is 60.5 Å². The molecular formula is C29H34ClN3O5S. The molecule has 1 unspecified atom stereocenters. The number of sulfonamides is 1. The Hall–Kier alpha value is -3.56. The van der Waals surface area contributed by atoms with Crippen LogP contribution in [0.15, 0.2) is 71.6 Å². The Labute approximate surface area is 235 Å². The van der Waals surface area contributed by atoms with Crippen molar-refractivity contribution >= 4 is 39.1 Å². The quantitative estimate of drug-likeness (QED) is 0.359. The number of amides is 2. The third-order valence-electron chi connectivity index (χ3n) is 6.42. The van der Waals surface area contributed by atoms with Crippen molar-refractivity contribution in [1.82, 2.24) is 10.2 Å². The zero-order valence-electron chi connectivity index (χ0n) is 22.8. The number of likely N-dealkylation sites (N-methyl/N-ethyl adjacent to an activating group) is 1. The smallest absolute Gasteiger partial charge is 0.264 e. The van der Waals surface area contributed by atoms with Gasteiger partial charge in [0.2, 0.25) is 11.8 Å². The Balaban J connectivity index is 2.14. The summed E-state index contributed by atoms with van der Waals surface area (Å²) in [5, 5.41) is 3.04. The van der Waals surface area contributed by atoms with Crippen LogP contribution in [0.5, 0.6) is 5.75 Å². The fourth-order valence-electron chi connectivity index (χ4n) is 4.24.